The molecule has 27 heavy (non-hydrogen) atoms. The highest BCUT2D eigenvalue weighted by molar-refractivity contribution is 14.1. The van der Waals surface area contributed by atoms with Crippen LogP contribution in [0.15, 0.2) is 53.4 Å². The number of rotatable bonds is 5. The van der Waals surface area contributed by atoms with E-state index in [9.17, 15) is 14.4 Å². The molecule has 138 valence electrons. The maximum absolute atomic E-state index is 12.5. The summed E-state index contributed by atoms with van der Waals surface area (Å²) in [6.07, 6.45) is 1.66. The Hall–Kier alpha value is -2.33. The predicted molar refractivity (Wildman–Crippen MR) is 113 cm³/mol. The number of hydrogen-bond acceptors (Lipinski definition) is 5. The number of hydrogen-bond donors (Lipinski definition) is 1. The summed E-state index contributed by atoms with van der Waals surface area (Å²) >= 11 is 3.03. The third-order valence-corrected chi connectivity index (χ3v) is 5.34. The maximum Gasteiger partial charge on any atom is 0.294 e. The minimum absolute atomic E-state index is 0.304. The van der Waals surface area contributed by atoms with Crippen molar-refractivity contribution in [3.05, 3.63) is 62.6 Å². The van der Waals surface area contributed by atoms with E-state index in [1.807, 2.05) is 24.3 Å². The molecule has 1 fully saturated rings. The van der Waals surface area contributed by atoms with Crippen LogP contribution >= 0.6 is 34.4 Å². The van der Waals surface area contributed by atoms with Crippen molar-refractivity contribution in [1.82, 2.24) is 4.90 Å². The molecular weight excluding hydrogens is 479 g/mol. The Bertz CT molecular complexity index is 910. The highest BCUT2D eigenvalue weighted by Gasteiger charge is 2.36. The minimum atomic E-state index is -0.464. The largest absolute Gasteiger partial charge is 0.497 e. The van der Waals surface area contributed by atoms with Crippen LogP contribution in [0.2, 0.25) is 0 Å². The number of ether oxygens (including phenoxy) is 1. The molecule has 0 radical (unpaired) electrons. The summed E-state index contributed by atoms with van der Waals surface area (Å²) < 4.78 is 6.13. The number of thioether (sulfide) groups is 1. The van der Waals surface area contributed by atoms with Crippen LogP contribution in [0.3, 0.4) is 0 Å². The van der Waals surface area contributed by atoms with Crippen LogP contribution in [0, 0.1) is 3.57 Å². The molecule has 0 spiro atoms. The first-order valence-electron chi connectivity index (χ1n) is 7.91. The van der Waals surface area contributed by atoms with Crippen molar-refractivity contribution in [2.45, 2.75) is 0 Å². The van der Waals surface area contributed by atoms with Gasteiger partial charge in [0.2, 0.25) is 5.91 Å². The second kappa shape index (κ2) is 8.57. The molecule has 1 heterocycles. The molecule has 0 unspecified atom stereocenters. The second-order valence-electron chi connectivity index (χ2n) is 5.60. The van der Waals surface area contributed by atoms with Crippen LogP contribution in [-0.2, 0) is 9.59 Å². The van der Waals surface area contributed by atoms with Gasteiger partial charge in [0.05, 0.1) is 12.0 Å². The fourth-order valence-corrected chi connectivity index (χ4v) is 3.56. The number of imide groups is 1. The summed E-state index contributed by atoms with van der Waals surface area (Å²) in [6, 6.07) is 14.3. The fraction of sp³-hybridized carbons (Fsp3) is 0.105. The molecule has 2 aromatic rings. The molecule has 0 aliphatic carbocycles. The molecule has 0 atom stereocenters. The molecule has 0 bridgehead atoms. The smallest absolute Gasteiger partial charge is 0.294 e. The molecule has 1 aliphatic heterocycles. The van der Waals surface area contributed by atoms with Crippen LogP contribution in [0.5, 0.6) is 5.75 Å². The van der Waals surface area contributed by atoms with E-state index >= 15 is 0 Å². The van der Waals surface area contributed by atoms with E-state index in [1.54, 1.807) is 37.5 Å². The molecule has 8 heteroatoms. The standard InChI is InChI=1S/C19H15IN2O4S/c1-26-15-8-6-14(7-9-15)21-17(23)11-22-18(24)16(27-19(22)25)10-12-2-4-13(20)5-3-12/h2-10H,11H2,1H3,(H,21,23)/b16-10+. The van der Waals surface area contributed by atoms with Crippen molar-refractivity contribution >= 4 is 63.2 Å². The molecular formula is C19H15IN2O4S. The van der Waals surface area contributed by atoms with Gasteiger partial charge < -0.3 is 10.1 Å². The molecule has 2 aromatic carbocycles. The molecule has 6 nitrogen and oxygen atoms in total. The Morgan fingerprint density at radius 1 is 1.15 bits per heavy atom. The summed E-state index contributed by atoms with van der Waals surface area (Å²) in [7, 11) is 1.55. The van der Waals surface area contributed by atoms with Crippen molar-refractivity contribution in [1.29, 1.82) is 0 Å². The number of anilines is 1. The van der Waals surface area contributed by atoms with Gasteiger partial charge in [-0.2, -0.15) is 0 Å². The molecule has 0 saturated carbocycles. The van der Waals surface area contributed by atoms with Crippen molar-refractivity contribution in [2.24, 2.45) is 0 Å². The first kappa shape index (κ1) is 19.4. The van der Waals surface area contributed by atoms with Crippen LogP contribution in [0.4, 0.5) is 10.5 Å². The Balaban J connectivity index is 1.65. The lowest BCUT2D eigenvalue weighted by molar-refractivity contribution is -0.127. The Kier molecular flexibility index (Phi) is 6.17. The summed E-state index contributed by atoms with van der Waals surface area (Å²) in [4.78, 5) is 38.1. The van der Waals surface area contributed by atoms with E-state index < -0.39 is 17.1 Å². The normalized spacial score (nSPS) is 15.3. The molecule has 1 aliphatic rings. The Labute approximate surface area is 174 Å². The predicted octanol–water partition coefficient (Wildman–Crippen LogP) is 3.97. The third kappa shape index (κ3) is 4.89. The number of nitrogens with zero attached hydrogens (tertiary/aromatic N) is 1. The molecule has 3 amide bonds. The van der Waals surface area contributed by atoms with E-state index in [4.69, 9.17) is 4.74 Å². The van der Waals surface area contributed by atoms with Gasteiger partial charge in [-0.25, -0.2) is 0 Å². The van der Waals surface area contributed by atoms with E-state index in [0.717, 1.165) is 25.8 Å². The average molecular weight is 494 g/mol. The van der Waals surface area contributed by atoms with Crippen LogP contribution in [-0.4, -0.2) is 35.6 Å². The van der Waals surface area contributed by atoms with E-state index in [-0.39, 0.29) is 6.54 Å². The summed E-state index contributed by atoms with van der Waals surface area (Å²) in [5, 5.41) is 2.21. The monoisotopic (exact) mass is 494 g/mol. The maximum atomic E-state index is 12.5. The quantitative estimate of drug-likeness (QED) is 0.503. The minimum Gasteiger partial charge on any atom is -0.497 e. The van der Waals surface area contributed by atoms with Gasteiger partial charge in [-0.05, 0) is 82.4 Å². The van der Waals surface area contributed by atoms with Crippen LogP contribution < -0.4 is 10.1 Å². The van der Waals surface area contributed by atoms with E-state index in [2.05, 4.69) is 27.9 Å². The summed E-state index contributed by atoms with van der Waals surface area (Å²) in [6.45, 7) is -0.333. The number of nitrogens with one attached hydrogen (secondary N) is 1. The number of amides is 3. The Morgan fingerprint density at radius 2 is 1.81 bits per heavy atom. The van der Waals surface area contributed by atoms with Crippen molar-refractivity contribution < 1.29 is 19.1 Å². The van der Waals surface area contributed by atoms with E-state index in [0.29, 0.717) is 16.3 Å². The van der Waals surface area contributed by atoms with Crippen molar-refractivity contribution in [3.8, 4) is 5.75 Å². The van der Waals surface area contributed by atoms with E-state index in [1.165, 1.54) is 0 Å². The fourth-order valence-electron chi connectivity index (χ4n) is 2.37. The summed E-state index contributed by atoms with van der Waals surface area (Å²) in [5.74, 6) is -0.244. The number of halogens is 1. The number of benzene rings is 2. The first-order chi connectivity index (χ1) is 13.0. The zero-order chi connectivity index (χ0) is 19.4. The first-order valence-corrected chi connectivity index (χ1v) is 9.80. The van der Waals surface area contributed by atoms with Crippen molar-refractivity contribution in [3.63, 3.8) is 0 Å². The highest BCUT2D eigenvalue weighted by Crippen LogP contribution is 2.32. The molecule has 1 N–H and O–H groups in total. The molecule has 3 rings (SSSR count). The summed E-state index contributed by atoms with van der Waals surface area (Å²) in [5.41, 5.74) is 1.38. The Morgan fingerprint density at radius 3 is 2.44 bits per heavy atom. The number of carbonyl (C=O) groups excluding carboxylic acids is 3. The van der Waals surface area contributed by atoms with Gasteiger partial charge in [0.1, 0.15) is 12.3 Å². The van der Waals surface area contributed by atoms with Crippen molar-refractivity contribution in [2.75, 3.05) is 19.0 Å². The van der Waals surface area contributed by atoms with Gasteiger partial charge in [-0.15, -0.1) is 0 Å². The molecule has 1 saturated heterocycles. The van der Waals surface area contributed by atoms with Gasteiger partial charge in [0.15, 0.2) is 0 Å². The zero-order valence-corrected chi connectivity index (χ0v) is 17.2. The lowest BCUT2D eigenvalue weighted by Gasteiger charge is -2.12. The number of carbonyl (C=O) groups is 3. The van der Waals surface area contributed by atoms with Gasteiger partial charge in [0, 0.05) is 9.26 Å². The SMILES string of the molecule is COc1ccc(NC(=O)CN2C(=O)S/C(=C/c3ccc(I)cc3)C2=O)cc1. The number of methoxy groups -OCH3 is 1. The van der Waals surface area contributed by atoms with Gasteiger partial charge >= 0.3 is 0 Å². The lowest BCUT2D eigenvalue weighted by atomic mass is 10.2. The van der Waals surface area contributed by atoms with Crippen LogP contribution in [0.25, 0.3) is 6.08 Å². The molecule has 0 aromatic heterocycles. The van der Waals surface area contributed by atoms with Gasteiger partial charge in [-0.1, -0.05) is 12.1 Å². The average Bonchev–Trinajstić information content (AvgIpc) is 2.91. The lowest BCUT2D eigenvalue weighted by Crippen LogP contribution is -2.36. The second-order valence-corrected chi connectivity index (χ2v) is 7.83. The van der Waals surface area contributed by atoms with Gasteiger partial charge in [-0.3, -0.25) is 19.3 Å². The third-order valence-electron chi connectivity index (χ3n) is 3.72. The van der Waals surface area contributed by atoms with Crippen LogP contribution in [0.1, 0.15) is 5.56 Å². The highest BCUT2D eigenvalue weighted by atomic mass is 127. The van der Waals surface area contributed by atoms with Gasteiger partial charge in [0.25, 0.3) is 11.1 Å². The topological polar surface area (TPSA) is 75.7 Å². The zero-order valence-electron chi connectivity index (χ0n) is 14.3.